The van der Waals surface area contributed by atoms with Gasteiger partial charge in [-0.05, 0) is 30.3 Å². The maximum absolute atomic E-state index is 12.9. The summed E-state index contributed by atoms with van der Waals surface area (Å²) in [5, 5.41) is 1.60. The topological polar surface area (TPSA) is 52.6 Å². The normalized spacial score (nSPS) is 11.8. The largest absolute Gasteiger partial charge is 0.454 e. The average molecular weight is 447 g/mol. The van der Waals surface area contributed by atoms with Crippen molar-refractivity contribution in [1.82, 2.24) is 0 Å². The lowest BCUT2D eigenvalue weighted by Crippen LogP contribution is -2.04. The molecule has 5 rings (SSSR count). The summed E-state index contributed by atoms with van der Waals surface area (Å²) in [4.78, 5) is 12.8. The van der Waals surface area contributed by atoms with Crippen LogP contribution in [0.5, 0.6) is 5.75 Å². The third-order valence-electron chi connectivity index (χ3n) is 4.75. The minimum atomic E-state index is -3.03. The molecule has 0 aliphatic rings. The van der Waals surface area contributed by atoms with Crippen LogP contribution < -0.4 is 10.2 Å². The molecule has 0 bridgehead atoms. The number of para-hydroxylation sites is 1. The van der Waals surface area contributed by atoms with Crippen molar-refractivity contribution >= 4 is 56.1 Å². The first-order valence-corrected chi connectivity index (χ1v) is 9.51. The minimum absolute atomic E-state index is 0.0802. The van der Waals surface area contributed by atoms with Gasteiger partial charge in [-0.3, -0.25) is 4.79 Å². The zero-order valence-electron chi connectivity index (χ0n) is 14.9. The van der Waals surface area contributed by atoms with Gasteiger partial charge in [-0.25, -0.2) is 0 Å². The number of halogens is 4. The zero-order chi connectivity index (χ0) is 21.0. The van der Waals surface area contributed by atoms with Gasteiger partial charge in [0, 0.05) is 27.4 Å². The van der Waals surface area contributed by atoms with Crippen LogP contribution in [0.1, 0.15) is 0 Å². The monoisotopic (exact) mass is 446 g/mol. The maximum Gasteiger partial charge on any atom is 0.387 e. The second-order valence-electron chi connectivity index (χ2n) is 6.51. The van der Waals surface area contributed by atoms with Crippen LogP contribution in [0.2, 0.25) is 10.0 Å². The van der Waals surface area contributed by atoms with E-state index in [4.69, 9.17) is 32.0 Å². The molecular formula is C22H10Cl2F2O4. The predicted octanol–water partition coefficient (Wildman–Crippen LogP) is 7.27. The average Bonchev–Trinajstić information content (AvgIpc) is 3.11. The number of alkyl halides is 2. The van der Waals surface area contributed by atoms with E-state index in [1.54, 1.807) is 30.3 Å². The molecular weight excluding hydrogens is 437 g/mol. The van der Waals surface area contributed by atoms with Crippen LogP contribution in [-0.4, -0.2) is 6.61 Å². The third-order valence-corrected chi connectivity index (χ3v) is 5.33. The fourth-order valence-corrected chi connectivity index (χ4v) is 3.90. The Hall–Kier alpha value is -3.09. The van der Waals surface area contributed by atoms with E-state index < -0.39 is 12.0 Å². The lowest BCUT2D eigenvalue weighted by Gasteiger charge is -2.10. The molecule has 0 radical (unpaired) electrons. The molecule has 4 nitrogen and oxygen atoms in total. The van der Waals surface area contributed by atoms with Crippen molar-refractivity contribution in [2.45, 2.75) is 6.61 Å². The number of furan rings is 1. The van der Waals surface area contributed by atoms with Crippen molar-refractivity contribution < 1.29 is 22.4 Å². The summed E-state index contributed by atoms with van der Waals surface area (Å²) in [5.41, 5.74) is 0.778. The Bertz CT molecular complexity index is 1500. The summed E-state index contributed by atoms with van der Waals surface area (Å²) >= 11 is 12.4. The molecule has 0 spiro atoms. The predicted molar refractivity (Wildman–Crippen MR) is 112 cm³/mol. The molecule has 8 heteroatoms. The van der Waals surface area contributed by atoms with Crippen LogP contribution in [-0.2, 0) is 0 Å². The van der Waals surface area contributed by atoms with E-state index >= 15 is 0 Å². The molecule has 2 heterocycles. The van der Waals surface area contributed by atoms with Gasteiger partial charge in [-0.1, -0.05) is 41.4 Å². The van der Waals surface area contributed by atoms with Gasteiger partial charge in [0.25, 0.3) is 0 Å². The summed E-state index contributed by atoms with van der Waals surface area (Å²) in [6, 6.07) is 14.4. The lowest BCUT2D eigenvalue weighted by molar-refractivity contribution is -0.0493. The SMILES string of the molecule is O=c1c(Cl)c(-c2ccc(OC(F)F)c3oc4ccccc4c23)oc2cc(Cl)ccc12. The molecule has 0 N–H and O–H groups in total. The molecule has 0 saturated heterocycles. The molecule has 0 amide bonds. The second-order valence-corrected chi connectivity index (χ2v) is 7.32. The van der Waals surface area contributed by atoms with Crippen LogP contribution in [0.15, 0.2) is 68.2 Å². The molecule has 0 unspecified atom stereocenters. The summed E-state index contributed by atoms with van der Waals surface area (Å²) in [7, 11) is 0. The zero-order valence-corrected chi connectivity index (χ0v) is 16.4. The summed E-state index contributed by atoms with van der Waals surface area (Å²) in [6.07, 6.45) is 0. The lowest BCUT2D eigenvalue weighted by atomic mass is 10.0. The van der Waals surface area contributed by atoms with Gasteiger partial charge in [-0.15, -0.1) is 0 Å². The summed E-state index contributed by atoms with van der Waals surface area (Å²) in [6.45, 7) is -3.03. The highest BCUT2D eigenvalue weighted by atomic mass is 35.5. The Balaban J connectivity index is 1.90. The van der Waals surface area contributed by atoms with Gasteiger partial charge < -0.3 is 13.6 Å². The van der Waals surface area contributed by atoms with Crippen LogP contribution in [0.4, 0.5) is 8.78 Å². The van der Waals surface area contributed by atoms with Gasteiger partial charge in [0.2, 0.25) is 5.43 Å². The number of ether oxygens (including phenoxy) is 1. The molecule has 150 valence electrons. The first-order chi connectivity index (χ1) is 14.4. The van der Waals surface area contributed by atoms with Crippen molar-refractivity contribution in [3.05, 3.63) is 74.9 Å². The Kier molecular flexibility index (Phi) is 4.41. The van der Waals surface area contributed by atoms with Crippen molar-refractivity contribution in [1.29, 1.82) is 0 Å². The van der Waals surface area contributed by atoms with E-state index in [-0.39, 0.29) is 33.1 Å². The smallest absolute Gasteiger partial charge is 0.387 e. The van der Waals surface area contributed by atoms with E-state index in [0.29, 0.717) is 26.9 Å². The molecule has 0 fully saturated rings. The number of fused-ring (bicyclic) bond motifs is 4. The molecule has 30 heavy (non-hydrogen) atoms. The number of hydrogen-bond acceptors (Lipinski definition) is 4. The molecule has 3 aromatic carbocycles. The van der Waals surface area contributed by atoms with Crippen LogP contribution in [0, 0.1) is 0 Å². The Morgan fingerprint density at radius 3 is 2.50 bits per heavy atom. The summed E-state index contributed by atoms with van der Waals surface area (Å²) in [5.74, 6) is -0.0566. The minimum Gasteiger partial charge on any atom is -0.454 e. The van der Waals surface area contributed by atoms with Crippen LogP contribution in [0.25, 0.3) is 44.2 Å². The van der Waals surface area contributed by atoms with Crippen molar-refractivity contribution in [3.8, 4) is 17.1 Å². The first-order valence-electron chi connectivity index (χ1n) is 8.75. The quantitative estimate of drug-likeness (QED) is 0.292. The van der Waals surface area contributed by atoms with Crippen LogP contribution >= 0.6 is 23.2 Å². The fraction of sp³-hybridized carbons (Fsp3) is 0.0455. The van der Waals surface area contributed by atoms with Gasteiger partial charge in [0.15, 0.2) is 17.1 Å². The highest BCUT2D eigenvalue weighted by molar-refractivity contribution is 6.34. The summed E-state index contributed by atoms with van der Waals surface area (Å²) < 4.78 is 42.1. The highest BCUT2D eigenvalue weighted by Gasteiger charge is 2.23. The molecule has 0 atom stereocenters. The third kappa shape index (κ3) is 2.91. The van der Waals surface area contributed by atoms with Crippen molar-refractivity contribution in [2.75, 3.05) is 0 Å². The Morgan fingerprint density at radius 1 is 0.900 bits per heavy atom. The Morgan fingerprint density at radius 2 is 1.70 bits per heavy atom. The van der Waals surface area contributed by atoms with E-state index in [2.05, 4.69) is 4.74 Å². The highest BCUT2D eigenvalue weighted by Crippen LogP contribution is 2.43. The van der Waals surface area contributed by atoms with E-state index in [0.717, 1.165) is 0 Å². The van der Waals surface area contributed by atoms with Gasteiger partial charge in [0.05, 0.1) is 5.39 Å². The van der Waals surface area contributed by atoms with E-state index in [1.165, 1.54) is 24.3 Å². The van der Waals surface area contributed by atoms with Crippen LogP contribution in [0.3, 0.4) is 0 Å². The van der Waals surface area contributed by atoms with E-state index in [9.17, 15) is 13.6 Å². The standard InChI is InChI=1S/C22H10Cl2F2O4/c23-10-5-6-12-16(9-10)29-20(18(24)19(12)27)13-7-8-15(30-22(25)26)21-17(13)11-3-1-2-4-14(11)28-21/h1-9,22H. The van der Waals surface area contributed by atoms with Gasteiger partial charge >= 0.3 is 6.61 Å². The van der Waals surface area contributed by atoms with Gasteiger partial charge in [-0.2, -0.15) is 8.78 Å². The number of benzene rings is 3. The number of hydrogen-bond donors (Lipinski definition) is 0. The Labute approximate surface area is 177 Å². The van der Waals surface area contributed by atoms with Gasteiger partial charge in [0.1, 0.15) is 16.2 Å². The maximum atomic E-state index is 12.9. The fourth-order valence-electron chi connectivity index (χ4n) is 3.50. The second kappa shape index (κ2) is 7.00. The molecule has 0 saturated carbocycles. The van der Waals surface area contributed by atoms with E-state index in [1.807, 2.05) is 0 Å². The molecule has 0 aliphatic heterocycles. The molecule has 2 aromatic heterocycles. The molecule has 5 aromatic rings. The molecule has 0 aliphatic carbocycles. The van der Waals surface area contributed by atoms with Crippen molar-refractivity contribution in [3.63, 3.8) is 0 Å². The van der Waals surface area contributed by atoms with Crippen molar-refractivity contribution in [2.24, 2.45) is 0 Å². The first kappa shape index (κ1) is 18.9. The number of rotatable bonds is 3.